The van der Waals surface area contributed by atoms with Crippen LogP contribution in [0.4, 0.5) is 0 Å². The number of aryl methyl sites for hydroxylation is 1. The van der Waals surface area contributed by atoms with Gasteiger partial charge in [-0.05, 0) is 29.5 Å². The molecule has 0 radical (unpaired) electrons. The number of rotatable bonds is 3. The molecule has 0 spiro atoms. The van der Waals surface area contributed by atoms with E-state index in [9.17, 15) is 9.90 Å². The van der Waals surface area contributed by atoms with Crippen LogP contribution in [0, 0.1) is 0 Å². The summed E-state index contributed by atoms with van der Waals surface area (Å²) in [6, 6.07) is 3.40. The fourth-order valence-electron chi connectivity index (χ4n) is 1.53. The number of carboxylic acid groups (broad SMARTS) is 1. The van der Waals surface area contributed by atoms with Gasteiger partial charge in [-0.2, -0.15) is 0 Å². The standard InChI is InChI=1S/C12H16O3/c1-4-8-5-9(7(2)3)11(13)10(6-8)12(14)15/h5-7,13H,4H2,1-3H3,(H,14,15). The molecule has 1 aromatic carbocycles. The highest BCUT2D eigenvalue weighted by Gasteiger charge is 2.16. The molecule has 0 aliphatic heterocycles. The molecule has 0 aliphatic carbocycles. The fourth-order valence-corrected chi connectivity index (χ4v) is 1.53. The first-order valence-electron chi connectivity index (χ1n) is 5.06. The molecule has 82 valence electrons. The van der Waals surface area contributed by atoms with Crippen molar-refractivity contribution in [2.45, 2.75) is 33.1 Å². The quantitative estimate of drug-likeness (QED) is 0.803. The first kappa shape index (κ1) is 11.6. The van der Waals surface area contributed by atoms with Crippen molar-refractivity contribution in [2.75, 3.05) is 0 Å². The van der Waals surface area contributed by atoms with Crippen molar-refractivity contribution in [3.8, 4) is 5.75 Å². The first-order valence-corrected chi connectivity index (χ1v) is 5.06. The second-order valence-electron chi connectivity index (χ2n) is 3.89. The van der Waals surface area contributed by atoms with E-state index >= 15 is 0 Å². The van der Waals surface area contributed by atoms with Crippen LogP contribution >= 0.6 is 0 Å². The summed E-state index contributed by atoms with van der Waals surface area (Å²) in [5.41, 5.74) is 1.64. The molecule has 0 fully saturated rings. The summed E-state index contributed by atoms with van der Waals surface area (Å²) in [5.74, 6) is -1.06. The van der Waals surface area contributed by atoms with Gasteiger partial charge in [0.15, 0.2) is 0 Å². The topological polar surface area (TPSA) is 57.5 Å². The van der Waals surface area contributed by atoms with Crippen molar-refractivity contribution in [2.24, 2.45) is 0 Å². The van der Waals surface area contributed by atoms with Crippen molar-refractivity contribution < 1.29 is 15.0 Å². The molecule has 1 rings (SSSR count). The second kappa shape index (κ2) is 4.34. The van der Waals surface area contributed by atoms with E-state index in [1.807, 2.05) is 26.8 Å². The SMILES string of the molecule is CCc1cc(C(=O)O)c(O)c(C(C)C)c1. The number of carboxylic acids is 1. The van der Waals surface area contributed by atoms with Crippen molar-refractivity contribution in [1.29, 1.82) is 0 Å². The van der Waals surface area contributed by atoms with Crippen molar-refractivity contribution >= 4 is 5.97 Å². The van der Waals surface area contributed by atoms with Gasteiger partial charge in [0.1, 0.15) is 11.3 Å². The molecule has 2 N–H and O–H groups in total. The van der Waals surface area contributed by atoms with Crippen molar-refractivity contribution in [3.63, 3.8) is 0 Å². The van der Waals surface area contributed by atoms with E-state index in [0.717, 1.165) is 12.0 Å². The molecule has 0 atom stereocenters. The Balaban J connectivity index is 3.40. The molecule has 15 heavy (non-hydrogen) atoms. The average Bonchev–Trinajstić information content (AvgIpc) is 2.17. The average molecular weight is 208 g/mol. The summed E-state index contributed by atoms with van der Waals surface area (Å²) in [5, 5.41) is 18.7. The van der Waals surface area contributed by atoms with Crippen LogP contribution in [0.15, 0.2) is 12.1 Å². The molecule has 0 saturated heterocycles. The molecule has 3 nitrogen and oxygen atoms in total. The Hall–Kier alpha value is -1.51. The molecular formula is C12H16O3. The monoisotopic (exact) mass is 208 g/mol. The van der Waals surface area contributed by atoms with Gasteiger partial charge in [-0.1, -0.05) is 26.8 Å². The van der Waals surface area contributed by atoms with Crippen LogP contribution in [0.3, 0.4) is 0 Å². The van der Waals surface area contributed by atoms with E-state index in [-0.39, 0.29) is 17.2 Å². The molecule has 0 bridgehead atoms. The summed E-state index contributed by atoms with van der Waals surface area (Å²) >= 11 is 0. The van der Waals surface area contributed by atoms with Crippen LogP contribution in [-0.2, 0) is 6.42 Å². The minimum atomic E-state index is -1.08. The molecule has 3 heteroatoms. The highest BCUT2D eigenvalue weighted by molar-refractivity contribution is 5.91. The fraction of sp³-hybridized carbons (Fsp3) is 0.417. The third-order valence-electron chi connectivity index (χ3n) is 2.46. The zero-order valence-electron chi connectivity index (χ0n) is 9.24. The number of benzene rings is 1. The number of phenols is 1. The highest BCUT2D eigenvalue weighted by atomic mass is 16.4. The van der Waals surface area contributed by atoms with Gasteiger partial charge in [0.25, 0.3) is 0 Å². The van der Waals surface area contributed by atoms with Crippen molar-refractivity contribution in [1.82, 2.24) is 0 Å². The number of aromatic hydroxyl groups is 1. The van der Waals surface area contributed by atoms with Crippen LogP contribution in [0.5, 0.6) is 5.75 Å². The Morgan fingerprint density at radius 3 is 2.40 bits per heavy atom. The Morgan fingerprint density at radius 1 is 1.40 bits per heavy atom. The van der Waals surface area contributed by atoms with Gasteiger partial charge in [-0.3, -0.25) is 0 Å². The van der Waals surface area contributed by atoms with Gasteiger partial charge in [0.05, 0.1) is 0 Å². The molecule has 0 unspecified atom stereocenters. The Bertz CT molecular complexity index is 381. The minimum Gasteiger partial charge on any atom is -0.507 e. The molecule has 1 aromatic rings. The lowest BCUT2D eigenvalue weighted by molar-refractivity contribution is 0.0693. The maximum atomic E-state index is 10.9. The lowest BCUT2D eigenvalue weighted by Crippen LogP contribution is -2.02. The summed E-state index contributed by atoms with van der Waals surface area (Å²) in [6.45, 7) is 5.82. The lowest BCUT2D eigenvalue weighted by atomic mass is 9.95. The maximum absolute atomic E-state index is 10.9. The summed E-state index contributed by atoms with van der Waals surface area (Å²) < 4.78 is 0. The molecule has 0 aromatic heterocycles. The van der Waals surface area contributed by atoms with E-state index in [0.29, 0.717) is 5.56 Å². The molecule has 0 aliphatic rings. The van der Waals surface area contributed by atoms with Gasteiger partial charge in [0.2, 0.25) is 0 Å². The van der Waals surface area contributed by atoms with E-state index in [1.165, 1.54) is 6.07 Å². The zero-order chi connectivity index (χ0) is 11.6. The van der Waals surface area contributed by atoms with E-state index in [4.69, 9.17) is 5.11 Å². The van der Waals surface area contributed by atoms with Crippen LogP contribution in [0.2, 0.25) is 0 Å². The number of hydrogen-bond donors (Lipinski definition) is 2. The maximum Gasteiger partial charge on any atom is 0.339 e. The van der Waals surface area contributed by atoms with E-state index in [2.05, 4.69) is 0 Å². The smallest absolute Gasteiger partial charge is 0.339 e. The normalized spacial score (nSPS) is 10.7. The highest BCUT2D eigenvalue weighted by Crippen LogP contribution is 2.30. The van der Waals surface area contributed by atoms with Crippen molar-refractivity contribution in [3.05, 3.63) is 28.8 Å². The summed E-state index contributed by atoms with van der Waals surface area (Å²) in [4.78, 5) is 10.9. The third-order valence-corrected chi connectivity index (χ3v) is 2.46. The minimum absolute atomic E-state index is 0.00181. The van der Waals surface area contributed by atoms with Crippen LogP contribution in [0.25, 0.3) is 0 Å². The van der Waals surface area contributed by atoms with Gasteiger partial charge in [0, 0.05) is 0 Å². The Morgan fingerprint density at radius 2 is 2.00 bits per heavy atom. The number of carbonyl (C=O) groups is 1. The van der Waals surface area contributed by atoms with Crippen LogP contribution < -0.4 is 0 Å². The zero-order valence-corrected chi connectivity index (χ0v) is 9.24. The van der Waals surface area contributed by atoms with Gasteiger partial charge in [-0.25, -0.2) is 4.79 Å². The van der Waals surface area contributed by atoms with E-state index < -0.39 is 5.97 Å². The van der Waals surface area contributed by atoms with Crippen LogP contribution in [-0.4, -0.2) is 16.2 Å². The lowest BCUT2D eigenvalue weighted by Gasteiger charge is -2.12. The Labute approximate surface area is 89.4 Å². The third kappa shape index (κ3) is 2.29. The van der Waals surface area contributed by atoms with Gasteiger partial charge >= 0.3 is 5.97 Å². The predicted octanol–water partition coefficient (Wildman–Crippen LogP) is 2.78. The second-order valence-corrected chi connectivity index (χ2v) is 3.89. The van der Waals surface area contributed by atoms with Crippen LogP contribution in [0.1, 0.15) is 48.2 Å². The number of hydrogen-bond acceptors (Lipinski definition) is 2. The molecule has 0 saturated carbocycles. The molecule has 0 heterocycles. The predicted molar refractivity (Wildman–Crippen MR) is 58.5 cm³/mol. The van der Waals surface area contributed by atoms with Gasteiger partial charge in [-0.15, -0.1) is 0 Å². The van der Waals surface area contributed by atoms with E-state index in [1.54, 1.807) is 0 Å². The summed E-state index contributed by atoms with van der Waals surface area (Å²) in [6.07, 6.45) is 0.764. The summed E-state index contributed by atoms with van der Waals surface area (Å²) in [7, 11) is 0. The Kier molecular flexibility index (Phi) is 3.35. The van der Waals surface area contributed by atoms with Gasteiger partial charge < -0.3 is 10.2 Å². The molecular weight excluding hydrogens is 192 g/mol. The largest absolute Gasteiger partial charge is 0.507 e. The number of aromatic carboxylic acids is 1. The first-order chi connectivity index (χ1) is 6.97. The molecule has 0 amide bonds.